The molecule has 5 heteroatoms. The monoisotopic (exact) mass is 366 g/mol. The van der Waals surface area contributed by atoms with Crippen LogP contribution in [0.1, 0.15) is 11.1 Å². The van der Waals surface area contributed by atoms with Crippen LogP contribution in [0.5, 0.6) is 0 Å². The molecule has 0 bridgehead atoms. The van der Waals surface area contributed by atoms with Gasteiger partial charge in [0.1, 0.15) is 8.16 Å². The van der Waals surface area contributed by atoms with Gasteiger partial charge in [-0.15, -0.1) is 0 Å². The van der Waals surface area contributed by atoms with E-state index in [4.69, 9.17) is 0 Å². The van der Waals surface area contributed by atoms with Crippen LogP contribution >= 0.6 is 54.9 Å². The summed E-state index contributed by atoms with van der Waals surface area (Å²) in [6.07, 6.45) is 0. The van der Waals surface area contributed by atoms with Crippen molar-refractivity contribution in [2.75, 3.05) is 11.5 Å². The highest BCUT2D eigenvalue weighted by molar-refractivity contribution is 8.93. The molecule has 0 aromatic heterocycles. The van der Waals surface area contributed by atoms with Gasteiger partial charge in [0.05, 0.1) is 0 Å². The Bertz CT molecular complexity index is 550. The molecule has 2 saturated heterocycles. The van der Waals surface area contributed by atoms with Crippen molar-refractivity contribution in [3.05, 3.63) is 71.8 Å². The van der Waals surface area contributed by atoms with E-state index in [-0.39, 0.29) is 0 Å². The zero-order chi connectivity index (χ0) is 14.2. The Balaban J connectivity index is 1.39. The highest BCUT2D eigenvalue weighted by Crippen LogP contribution is 2.75. The summed E-state index contributed by atoms with van der Waals surface area (Å²) in [4.78, 5) is 0. The Kier molecular flexibility index (Phi) is 4.22. The Morgan fingerprint density at radius 3 is 1.33 bits per heavy atom. The summed E-state index contributed by atoms with van der Waals surface area (Å²) < 4.78 is 0.627. The quantitative estimate of drug-likeness (QED) is 0.438. The van der Waals surface area contributed by atoms with Crippen LogP contribution in [0.25, 0.3) is 0 Å². The Labute approximate surface area is 145 Å². The van der Waals surface area contributed by atoms with Crippen molar-refractivity contribution in [3.8, 4) is 0 Å². The second-order valence-electron chi connectivity index (χ2n) is 5.06. The van der Waals surface area contributed by atoms with E-state index >= 15 is 0 Å². The number of benzene rings is 2. The van der Waals surface area contributed by atoms with Crippen LogP contribution in [0.15, 0.2) is 60.7 Å². The van der Waals surface area contributed by atoms with E-state index in [1.807, 2.05) is 43.2 Å². The maximum atomic E-state index is 2.27. The van der Waals surface area contributed by atoms with Crippen LogP contribution in [-0.2, 0) is 8.16 Å². The smallest absolute Gasteiger partial charge is 0.116 e. The summed E-state index contributed by atoms with van der Waals surface area (Å²) in [6, 6.07) is 21.9. The summed E-state index contributed by atoms with van der Waals surface area (Å²) in [7, 11) is 8.07. The van der Waals surface area contributed by atoms with Gasteiger partial charge >= 0.3 is 0 Å². The van der Waals surface area contributed by atoms with Crippen molar-refractivity contribution >= 4 is 54.9 Å². The highest BCUT2D eigenvalue weighted by atomic mass is 33.2. The van der Waals surface area contributed by atoms with E-state index in [2.05, 4.69) is 72.4 Å². The molecule has 2 fully saturated rings. The predicted octanol–water partition coefficient (Wildman–Crippen LogP) is 6.22. The average molecular weight is 367 g/mol. The van der Waals surface area contributed by atoms with E-state index in [1.54, 1.807) is 0 Å². The standard InChI is InChI=1S/C16H14S5/c1-3-7-13(8-4-1)15(18-19-15)11-17-12-16(20-21-16)14-9-5-2-6-10-14/h1-10H,11-12H2. The third-order valence-electron chi connectivity index (χ3n) is 3.58. The summed E-state index contributed by atoms with van der Waals surface area (Å²) in [6.45, 7) is 0. The third-order valence-corrected chi connectivity index (χ3v) is 11.7. The van der Waals surface area contributed by atoms with Crippen molar-refractivity contribution in [3.63, 3.8) is 0 Å². The number of rotatable bonds is 6. The van der Waals surface area contributed by atoms with Gasteiger partial charge in [0.15, 0.2) is 0 Å². The minimum Gasteiger partial charge on any atom is -0.156 e. The number of thioether (sulfide) groups is 1. The van der Waals surface area contributed by atoms with Crippen molar-refractivity contribution in [2.24, 2.45) is 0 Å². The fourth-order valence-electron chi connectivity index (χ4n) is 2.26. The van der Waals surface area contributed by atoms with Gasteiger partial charge < -0.3 is 0 Å². The fraction of sp³-hybridized carbons (Fsp3) is 0.250. The van der Waals surface area contributed by atoms with Crippen LogP contribution in [0.4, 0.5) is 0 Å². The zero-order valence-corrected chi connectivity index (χ0v) is 15.3. The Morgan fingerprint density at radius 1 is 0.619 bits per heavy atom. The zero-order valence-electron chi connectivity index (χ0n) is 11.2. The molecule has 0 nitrogen and oxygen atoms in total. The maximum Gasteiger partial charge on any atom is 0.116 e. The van der Waals surface area contributed by atoms with E-state index in [0.717, 1.165) is 0 Å². The minimum atomic E-state index is 0.314. The van der Waals surface area contributed by atoms with E-state index in [9.17, 15) is 0 Å². The molecule has 0 aliphatic carbocycles. The molecule has 0 spiro atoms. The molecule has 0 radical (unpaired) electrons. The van der Waals surface area contributed by atoms with Gasteiger partial charge in [0.2, 0.25) is 0 Å². The van der Waals surface area contributed by atoms with Crippen LogP contribution in [0, 0.1) is 0 Å². The van der Waals surface area contributed by atoms with Crippen LogP contribution in [0.2, 0.25) is 0 Å². The molecule has 0 N–H and O–H groups in total. The normalized spacial score (nSPS) is 21.0. The van der Waals surface area contributed by atoms with Crippen molar-refractivity contribution in [1.29, 1.82) is 0 Å². The van der Waals surface area contributed by atoms with Crippen molar-refractivity contribution < 1.29 is 0 Å². The second-order valence-corrected chi connectivity index (χ2v) is 12.0. The van der Waals surface area contributed by atoms with E-state index < -0.39 is 0 Å². The first-order chi connectivity index (χ1) is 10.3. The van der Waals surface area contributed by atoms with Crippen molar-refractivity contribution in [1.82, 2.24) is 0 Å². The fourth-order valence-corrected chi connectivity index (χ4v) is 9.62. The first kappa shape index (κ1) is 14.8. The lowest BCUT2D eigenvalue weighted by Crippen LogP contribution is -2.12. The minimum absolute atomic E-state index is 0.314. The van der Waals surface area contributed by atoms with Crippen LogP contribution in [0.3, 0.4) is 0 Å². The van der Waals surface area contributed by atoms with Gasteiger partial charge in [-0.2, -0.15) is 11.8 Å². The topological polar surface area (TPSA) is 0 Å². The molecule has 2 heterocycles. The first-order valence-electron chi connectivity index (χ1n) is 6.76. The molecule has 0 unspecified atom stereocenters. The van der Waals surface area contributed by atoms with Gasteiger partial charge in [0, 0.05) is 11.5 Å². The third kappa shape index (κ3) is 3.13. The van der Waals surface area contributed by atoms with Gasteiger partial charge in [-0.3, -0.25) is 0 Å². The van der Waals surface area contributed by atoms with Gasteiger partial charge in [0.25, 0.3) is 0 Å². The molecule has 0 saturated carbocycles. The van der Waals surface area contributed by atoms with Gasteiger partial charge in [-0.1, -0.05) is 104 Å². The molecule has 2 aromatic rings. The second kappa shape index (κ2) is 6.00. The summed E-state index contributed by atoms with van der Waals surface area (Å²) >= 11 is 2.10. The first-order valence-corrected chi connectivity index (χ1v) is 12.2. The molecule has 2 aliphatic rings. The average Bonchev–Trinajstić information content (AvgIpc) is 3.46. The van der Waals surface area contributed by atoms with Crippen molar-refractivity contribution in [2.45, 2.75) is 8.16 Å². The Morgan fingerprint density at radius 2 is 1.00 bits per heavy atom. The summed E-state index contributed by atoms with van der Waals surface area (Å²) in [5.74, 6) is 2.39. The van der Waals surface area contributed by atoms with E-state index in [0.29, 0.717) is 8.16 Å². The van der Waals surface area contributed by atoms with Gasteiger partial charge in [-0.25, -0.2) is 0 Å². The number of hydrogen-bond donors (Lipinski definition) is 0. The molecule has 2 aromatic carbocycles. The molecule has 0 amide bonds. The summed E-state index contributed by atoms with van der Waals surface area (Å²) in [5, 5.41) is 0. The molecule has 4 rings (SSSR count). The Hall–Kier alpha value is 0.190. The molecular weight excluding hydrogens is 353 g/mol. The number of hydrogen-bond acceptors (Lipinski definition) is 5. The van der Waals surface area contributed by atoms with E-state index in [1.165, 1.54) is 22.6 Å². The molecule has 2 aliphatic heterocycles. The highest BCUT2D eigenvalue weighted by Gasteiger charge is 2.51. The molecular formula is C16H14S5. The largest absolute Gasteiger partial charge is 0.156 e. The lowest BCUT2D eigenvalue weighted by molar-refractivity contribution is 1.04. The molecule has 108 valence electrons. The maximum absolute atomic E-state index is 2.27. The predicted molar refractivity (Wildman–Crippen MR) is 104 cm³/mol. The summed E-state index contributed by atoms with van der Waals surface area (Å²) in [5.41, 5.74) is 2.94. The molecule has 21 heavy (non-hydrogen) atoms. The van der Waals surface area contributed by atoms with Gasteiger partial charge in [-0.05, 0) is 11.1 Å². The lowest BCUT2D eigenvalue weighted by Gasteiger charge is -2.15. The van der Waals surface area contributed by atoms with Crippen LogP contribution in [-0.4, -0.2) is 11.5 Å². The molecule has 0 atom stereocenters. The SMILES string of the molecule is c1ccc(C2(CSCC3(c4ccccc4)SS3)SS2)cc1. The van der Waals surface area contributed by atoms with Crippen LogP contribution < -0.4 is 0 Å². The lowest BCUT2D eigenvalue weighted by atomic mass is 10.1.